The van der Waals surface area contributed by atoms with Crippen molar-refractivity contribution in [2.24, 2.45) is 11.5 Å². The fourth-order valence-corrected chi connectivity index (χ4v) is 4.00. The minimum absolute atomic E-state index is 0.0363. The molecular formula is C23H27FN6O2. The highest BCUT2D eigenvalue weighted by Gasteiger charge is 2.24. The highest BCUT2D eigenvalue weighted by Crippen LogP contribution is 2.30. The first kappa shape index (κ1) is 21.8. The average molecular weight is 439 g/mol. The van der Waals surface area contributed by atoms with Crippen molar-refractivity contribution < 1.29 is 13.9 Å². The average Bonchev–Trinajstić information content (AvgIpc) is 2.77. The lowest BCUT2D eigenvalue weighted by atomic mass is 9.91. The molecule has 1 fully saturated rings. The summed E-state index contributed by atoms with van der Waals surface area (Å²) in [5.41, 5.74) is 12.3. The molecule has 0 saturated heterocycles. The summed E-state index contributed by atoms with van der Waals surface area (Å²) in [6, 6.07) is 8.35. The molecule has 2 atom stereocenters. The van der Waals surface area contributed by atoms with Crippen LogP contribution in [0, 0.1) is 5.82 Å². The quantitative estimate of drug-likeness (QED) is 0.443. The predicted molar refractivity (Wildman–Crippen MR) is 123 cm³/mol. The molecule has 1 amide bonds. The molecule has 1 aliphatic rings. The molecule has 1 saturated carbocycles. The number of nitrogens with two attached hydrogens (primary N) is 2. The van der Waals surface area contributed by atoms with Gasteiger partial charge in [0.25, 0.3) is 5.91 Å². The number of pyridine rings is 2. The van der Waals surface area contributed by atoms with E-state index in [-0.39, 0.29) is 29.3 Å². The molecule has 8 nitrogen and oxygen atoms in total. The molecule has 0 spiro atoms. The van der Waals surface area contributed by atoms with Crippen LogP contribution in [0.1, 0.15) is 43.0 Å². The van der Waals surface area contributed by atoms with E-state index in [1.807, 2.05) is 31.2 Å². The number of aromatic nitrogens is 2. The van der Waals surface area contributed by atoms with Gasteiger partial charge in [0.05, 0.1) is 12.2 Å². The Kier molecular flexibility index (Phi) is 6.36. The maximum absolute atomic E-state index is 14.7. The van der Waals surface area contributed by atoms with Gasteiger partial charge in [0.1, 0.15) is 5.82 Å². The Hall–Kier alpha value is -3.46. The lowest BCUT2D eigenvalue weighted by Gasteiger charge is -2.30. The van der Waals surface area contributed by atoms with E-state index in [9.17, 15) is 9.18 Å². The van der Waals surface area contributed by atoms with Gasteiger partial charge in [-0.25, -0.2) is 14.4 Å². The highest BCUT2D eigenvalue weighted by atomic mass is 19.1. The summed E-state index contributed by atoms with van der Waals surface area (Å²) in [7, 11) is 0. The molecule has 0 radical (unpaired) electrons. The number of halogens is 1. The van der Waals surface area contributed by atoms with Gasteiger partial charge in [0.2, 0.25) is 5.88 Å². The van der Waals surface area contributed by atoms with Crippen LogP contribution >= 0.6 is 0 Å². The molecule has 1 aromatic carbocycles. The summed E-state index contributed by atoms with van der Waals surface area (Å²) < 4.78 is 20.3. The van der Waals surface area contributed by atoms with Gasteiger partial charge in [-0.1, -0.05) is 12.8 Å². The Morgan fingerprint density at radius 1 is 1.22 bits per heavy atom. The van der Waals surface area contributed by atoms with Gasteiger partial charge in [-0.05, 0) is 55.5 Å². The lowest BCUT2D eigenvalue weighted by Crippen LogP contribution is -2.43. The number of hydrogen-bond donors (Lipinski definition) is 4. The fourth-order valence-electron chi connectivity index (χ4n) is 4.00. The van der Waals surface area contributed by atoms with Crippen LogP contribution in [-0.4, -0.2) is 34.6 Å². The van der Waals surface area contributed by atoms with Gasteiger partial charge in [-0.15, -0.1) is 0 Å². The minimum Gasteiger partial charge on any atom is -0.478 e. The summed E-state index contributed by atoms with van der Waals surface area (Å²) in [5, 5.41) is 7.97. The Morgan fingerprint density at radius 2 is 2.03 bits per heavy atom. The number of amides is 1. The van der Waals surface area contributed by atoms with Gasteiger partial charge >= 0.3 is 0 Å². The number of fused-ring (bicyclic) bond motifs is 1. The molecule has 2 unspecified atom stereocenters. The zero-order valence-corrected chi connectivity index (χ0v) is 17.9. The third-order valence-electron chi connectivity index (χ3n) is 5.65. The predicted octanol–water partition coefficient (Wildman–Crippen LogP) is 3.69. The summed E-state index contributed by atoms with van der Waals surface area (Å²) in [5.74, 6) is -0.659. The molecule has 168 valence electrons. The van der Waals surface area contributed by atoms with Crippen LogP contribution in [-0.2, 0) is 0 Å². The Morgan fingerprint density at radius 3 is 2.78 bits per heavy atom. The van der Waals surface area contributed by atoms with Gasteiger partial charge in [-0.3, -0.25) is 4.79 Å². The zero-order chi connectivity index (χ0) is 22.7. The van der Waals surface area contributed by atoms with Gasteiger partial charge in [0, 0.05) is 29.4 Å². The largest absolute Gasteiger partial charge is 0.478 e. The van der Waals surface area contributed by atoms with Crippen molar-refractivity contribution in [2.75, 3.05) is 17.2 Å². The molecule has 6 N–H and O–H groups in total. The van der Waals surface area contributed by atoms with Crippen LogP contribution in [0.15, 0.2) is 36.5 Å². The zero-order valence-electron chi connectivity index (χ0n) is 17.9. The van der Waals surface area contributed by atoms with E-state index in [1.54, 1.807) is 6.20 Å². The van der Waals surface area contributed by atoms with Crippen molar-refractivity contribution in [1.82, 2.24) is 9.97 Å². The normalized spacial score (nSPS) is 18.3. The first-order valence-electron chi connectivity index (χ1n) is 10.8. The number of carbonyl (C=O) groups is 1. The van der Waals surface area contributed by atoms with E-state index in [1.165, 1.54) is 0 Å². The topological polar surface area (TPSA) is 128 Å². The summed E-state index contributed by atoms with van der Waals surface area (Å²) >= 11 is 0. The molecule has 0 bridgehead atoms. The van der Waals surface area contributed by atoms with Crippen molar-refractivity contribution in [2.45, 2.75) is 44.7 Å². The van der Waals surface area contributed by atoms with Crippen LogP contribution in [0.3, 0.4) is 0 Å². The Labute approximate surface area is 185 Å². The Bertz CT molecular complexity index is 1140. The van der Waals surface area contributed by atoms with E-state index in [2.05, 4.69) is 20.6 Å². The molecule has 2 aromatic heterocycles. The van der Waals surface area contributed by atoms with Gasteiger partial charge in [0.15, 0.2) is 11.6 Å². The SMILES string of the molecule is CCOc1nccc2cc(Nc3nc(NC4CCCCC4N)c(F)cc3C(N)=O)ccc12. The molecule has 3 aromatic rings. The maximum Gasteiger partial charge on any atom is 0.252 e. The van der Waals surface area contributed by atoms with Crippen LogP contribution in [0.5, 0.6) is 5.88 Å². The summed E-state index contributed by atoms with van der Waals surface area (Å²) in [6.45, 7) is 2.40. The number of carbonyl (C=O) groups excluding carboxylic acids is 1. The highest BCUT2D eigenvalue weighted by molar-refractivity contribution is 5.99. The molecule has 1 aliphatic carbocycles. The minimum atomic E-state index is -0.775. The number of anilines is 3. The number of benzene rings is 1. The fraction of sp³-hybridized carbons (Fsp3) is 0.348. The van der Waals surface area contributed by atoms with Crippen LogP contribution < -0.4 is 26.8 Å². The third kappa shape index (κ3) is 4.57. The number of nitrogens with zero attached hydrogens (tertiary/aromatic N) is 2. The number of nitrogens with one attached hydrogen (secondary N) is 2. The van der Waals surface area contributed by atoms with E-state index >= 15 is 0 Å². The van der Waals surface area contributed by atoms with Crippen LogP contribution in [0.4, 0.5) is 21.7 Å². The van der Waals surface area contributed by atoms with Crippen molar-refractivity contribution in [3.63, 3.8) is 0 Å². The molecule has 9 heteroatoms. The number of rotatable bonds is 7. The molecule has 2 heterocycles. The van der Waals surface area contributed by atoms with E-state index in [4.69, 9.17) is 16.2 Å². The second-order valence-electron chi connectivity index (χ2n) is 7.89. The number of primary amides is 1. The summed E-state index contributed by atoms with van der Waals surface area (Å²) in [6.07, 6.45) is 5.46. The van der Waals surface area contributed by atoms with Crippen molar-refractivity contribution in [1.29, 1.82) is 0 Å². The number of ether oxygens (including phenoxy) is 1. The standard InChI is InChI=1S/C23H27FN6O2/c1-2-32-23-15-8-7-14(11-13(15)9-10-27-23)28-21-16(20(26)31)12-17(24)22(30-21)29-19-6-4-3-5-18(19)25/h7-12,18-19H,2-6,25H2,1H3,(H2,26,31)(H2,28,29,30). The molecule has 0 aliphatic heterocycles. The van der Waals surface area contributed by atoms with Crippen LogP contribution in [0.2, 0.25) is 0 Å². The first-order chi connectivity index (χ1) is 15.5. The maximum atomic E-state index is 14.7. The lowest BCUT2D eigenvalue weighted by molar-refractivity contribution is 0.100. The molecule has 4 rings (SSSR count). The van der Waals surface area contributed by atoms with E-state index in [0.29, 0.717) is 18.2 Å². The first-order valence-corrected chi connectivity index (χ1v) is 10.8. The van der Waals surface area contributed by atoms with Crippen LogP contribution in [0.25, 0.3) is 10.8 Å². The molecular weight excluding hydrogens is 411 g/mol. The smallest absolute Gasteiger partial charge is 0.252 e. The number of hydrogen-bond acceptors (Lipinski definition) is 7. The van der Waals surface area contributed by atoms with Crippen molar-refractivity contribution >= 4 is 34.0 Å². The van der Waals surface area contributed by atoms with Gasteiger partial charge in [-0.2, -0.15) is 0 Å². The van der Waals surface area contributed by atoms with E-state index < -0.39 is 11.7 Å². The molecule has 32 heavy (non-hydrogen) atoms. The van der Waals surface area contributed by atoms with Gasteiger partial charge < -0.3 is 26.8 Å². The van der Waals surface area contributed by atoms with Crippen molar-refractivity contribution in [3.8, 4) is 5.88 Å². The second kappa shape index (κ2) is 9.35. The van der Waals surface area contributed by atoms with Crippen molar-refractivity contribution in [3.05, 3.63) is 47.9 Å². The second-order valence-corrected chi connectivity index (χ2v) is 7.89. The summed E-state index contributed by atoms with van der Waals surface area (Å²) in [4.78, 5) is 20.6. The Balaban J connectivity index is 1.66. The monoisotopic (exact) mass is 438 g/mol. The third-order valence-corrected chi connectivity index (χ3v) is 5.65. The van der Waals surface area contributed by atoms with E-state index in [0.717, 1.165) is 42.5 Å².